The number of ether oxygens (including phenoxy) is 2. The van der Waals surface area contributed by atoms with Gasteiger partial charge < -0.3 is 9.47 Å². The van der Waals surface area contributed by atoms with Gasteiger partial charge in [-0.3, -0.25) is 0 Å². The number of para-hydroxylation sites is 1. The molecule has 1 aliphatic carbocycles. The number of methoxy groups -OCH3 is 1. The Bertz CT molecular complexity index is 784. The lowest BCUT2D eigenvalue weighted by Gasteiger charge is -2.28. The molecule has 0 heterocycles. The Morgan fingerprint density at radius 2 is 1.77 bits per heavy atom. The zero-order valence-electron chi connectivity index (χ0n) is 15.0. The van der Waals surface area contributed by atoms with Gasteiger partial charge in [0.15, 0.2) is 0 Å². The lowest BCUT2D eigenvalue weighted by molar-refractivity contribution is 0.0734. The second-order valence-electron chi connectivity index (χ2n) is 6.79. The van der Waals surface area contributed by atoms with Gasteiger partial charge in [0.05, 0.1) is 11.1 Å². The maximum absolute atomic E-state index is 12.3. The molecule has 1 fully saturated rings. The quantitative estimate of drug-likeness (QED) is 0.580. The molecule has 1 saturated carbocycles. The first-order valence-electron chi connectivity index (χ1n) is 9.01. The van der Waals surface area contributed by atoms with Crippen LogP contribution in [-0.2, 0) is 4.74 Å². The molecule has 1 aliphatic rings. The van der Waals surface area contributed by atoms with Crippen LogP contribution >= 0.6 is 0 Å². The standard InChI is InChI=1S/C22H23NO3/c1-25-15-16-6-8-17(9-7-16)18-10-12-19(13-11-18)22(24)26-21-5-3-2-4-20(21)14-23/h2-5,10-13,16-17H,6-9,15H2,1H3. The van der Waals surface area contributed by atoms with Crippen molar-refractivity contribution in [3.8, 4) is 11.8 Å². The number of benzene rings is 2. The van der Waals surface area contributed by atoms with Crippen molar-refractivity contribution >= 4 is 5.97 Å². The SMILES string of the molecule is COCC1CCC(c2ccc(C(=O)Oc3ccccc3C#N)cc2)CC1. The van der Waals surface area contributed by atoms with Crippen molar-refractivity contribution in [2.45, 2.75) is 31.6 Å². The zero-order chi connectivity index (χ0) is 18.4. The first-order valence-corrected chi connectivity index (χ1v) is 9.01. The smallest absolute Gasteiger partial charge is 0.343 e. The number of carbonyl (C=O) groups is 1. The molecule has 4 heteroatoms. The predicted octanol–water partition coefficient (Wildman–Crippen LogP) is 4.70. The zero-order valence-corrected chi connectivity index (χ0v) is 15.0. The Morgan fingerprint density at radius 1 is 1.08 bits per heavy atom. The Hall–Kier alpha value is -2.64. The summed E-state index contributed by atoms with van der Waals surface area (Å²) in [5.41, 5.74) is 2.12. The molecular weight excluding hydrogens is 326 g/mol. The van der Waals surface area contributed by atoms with Crippen molar-refractivity contribution in [2.24, 2.45) is 5.92 Å². The highest BCUT2D eigenvalue weighted by Crippen LogP contribution is 2.35. The molecule has 2 aromatic rings. The fourth-order valence-electron chi connectivity index (χ4n) is 3.60. The van der Waals surface area contributed by atoms with Gasteiger partial charge in [0.2, 0.25) is 0 Å². The van der Waals surface area contributed by atoms with Gasteiger partial charge >= 0.3 is 5.97 Å². The number of nitriles is 1. The molecule has 2 aromatic carbocycles. The second kappa shape index (κ2) is 8.64. The van der Waals surface area contributed by atoms with Crippen LogP contribution < -0.4 is 4.74 Å². The Morgan fingerprint density at radius 3 is 2.42 bits per heavy atom. The molecule has 0 aliphatic heterocycles. The molecule has 3 rings (SSSR count). The van der Waals surface area contributed by atoms with Crippen LogP contribution in [-0.4, -0.2) is 19.7 Å². The molecule has 0 radical (unpaired) electrons. The Labute approximate surface area is 154 Å². The lowest BCUT2D eigenvalue weighted by atomic mass is 9.79. The summed E-state index contributed by atoms with van der Waals surface area (Å²) in [5.74, 6) is 1.07. The molecule has 0 aromatic heterocycles. The molecule has 4 nitrogen and oxygen atoms in total. The summed E-state index contributed by atoms with van der Waals surface area (Å²) in [6, 6.07) is 16.4. The average molecular weight is 349 g/mol. The van der Waals surface area contributed by atoms with Crippen LogP contribution in [0.4, 0.5) is 0 Å². The van der Waals surface area contributed by atoms with Crippen molar-refractivity contribution in [3.05, 3.63) is 65.2 Å². The summed E-state index contributed by atoms with van der Waals surface area (Å²) in [6.07, 6.45) is 4.70. The predicted molar refractivity (Wildman–Crippen MR) is 99.1 cm³/mol. The van der Waals surface area contributed by atoms with Crippen molar-refractivity contribution in [3.63, 3.8) is 0 Å². The van der Waals surface area contributed by atoms with Crippen LogP contribution in [0.2, 0.25) is 0 Å². The van der Waals surface area contributed by atoms with Crippen LogP contribution in [0.3, 0.4) is 0 Å². The van der Waals surface area contributed by atoms with E-state index in [-0.39, 0.29) is 0 Å². The summed E-state index contributed by atoms with van der Waals surface area (Å²) >= 11 is 0. The average Bonchev–Trinajstić information content (AvgIpc) is 2.69. The molecule has 0 saturated heterocycles. The third kappa shape index (κ3) is 4.30. The Kier molecular flexibility index (Phi) is 6.04. The number of rotatable bonds is 5. The summed E-state index contributed by atoms with van der Waals surface area (Å²) in [5, 5.41) is 9.09. The van der Waals surface area contributed by atoms with Crippen molar-refractivity contribution in [1.82, 2.24) is 0 Å². The topological polar surface area (TPSA) is 59.3 Å². The van der Waals surface area contributed by atoms with E-state index in [2.05, 4.69) is 0 Å². The summed E-state index contributed by atoms with van der Waals surface area (Å²) in [6.45, 7) is 0.849. The van der Waals surface area contributed by atoms with Crippen LogP contribution in [0, 0.1) is 17.2 Å². The number of hydrogen-bond acceptors (Lipinski definition) is 4. The van der Waals surface area contributed by atoms with Crippen LogP contribution in [0.25, 0.3) is 0 Å². The maximum atomic E-state index is 12.3. The lowest BCUT2D eigenvalue weighted by Crippen LogP contribution is -2.17. The van der Waals surface area contributed by atoms with Crippen LogP contribution in [0.15, 0.2) is 48.5 Å². The Balaban J connectivity index is 1.63. The molecule has 0 unspecified atom stereocenters. The number of carbonyl (C=O) groups excluding carboxylic acids is 1. The van der Waals surface area contributed by atoms with E-state index in [0.717, 1.165) is 19.4 Å². The third-order valence-corrected chi connectivity index (χ3v) is 5.08. The summed E-state index contributed by atoms with van der Waals surface area (Å²) in [4.78, 5) is 12.3. The highest BCUT2D eigenvalue weighted by molar-refractivity contribution is 5.91. The van der Waals surface area contributed by atoms with E-state index in [1.54, 1.807) is 31.4 Å². The highest BCUT2D eigenvalue weighted by Gasteiger charge is 2.22. The molecule has 0 spiro atoms. The molecule has 0 amide bonds. The van der Waals surface area contributed by atoms with Crippen LogP contribution in [0.1, 0.15) is 53.1 Å². The van der Waals surface area contributed by atoms with Crippen LogP contribution in [0.5, 0.6) is 5.75 Å². The van der Waals surface area contributed by atoms with E-state index in [1.165, 1.54) is 18.4 Å². The van der Waals surface area contributed by atoms with E-state index in [0.29, 0.717) is 28.7 Å². The van der Waals surface area contributed by atoms with E-state index in [4.69, 9.17) is 14.7 Å². The number of esters is 1. The fourth-order valence-corrected chi connectivity index (χ4v) is 3.60. The molecule has 0 atom stereocenters. The van der Waals surface area contributed by atoms with Gasteiger partial charge in [-0.05, 0) is 67.3 Å². The van der Waals surface area contributed by atoms with E-state index in [1.807, 2.05) is 30.3 Å². The monoisotopic (exact) mass is 349 g/mol. The van der Waals surface area contributed by atoms with Gasteiger partial charge in [0.1, 0.15) is 11.8 Å². The minimum Gasteiger partial charge on any atom is -0.422 e. The van der Waals surface area contributed by atoms with Gasteiger partial charge in [-0.1, -0.05) is 24.3 Å². The molecule has 0 bridgehead atoms. The minimum atomic E-state index is -0.442. The summed E-state index contributed by atoms with van der Waals surface area (Å²) in [7, 11) is 1.76. The highest BCUT2D eigenvalue weighted by atomic mass is 16.5. The van der Waals surface area contributed by atoms with Crippen molar-refractivity contribution in [2.75, 3.05) is 13.7 Å². The van der Waals surface area contributed by atoms with Gasteiger partial charge in [-0.15, -0.1) is 0 Å². The maximum Gasteiger partial charge on any atom is 0.343 e. The molecule has 0 N–H and O–H groups in total. The van der Waals surface area contributed by atoms with Gasteiger partial charge in [0, 0.05) is 13.7 Å². The van der Waals surface area contributed by atoms with Crippen molar-refractivity contribution < 1.29 is 14.3 Å². The second-order valence-corrected chi connectivity index (χ2v) is 6.79. The van der Waals surface area contributed by atoms with Gasteiger partial charge in [-0.25, -0.2) is 4.79 Å². The first-order chi connectivity index (χ1) is 12.7. The molecular formula is C22H23NO3. The first kappa shape index (κ1) is 18.2. The summed E-state index contributed by atoms with van der Waals surface area (Å²) < 4.78 is 10.6. The van der Waals surface area contributed by atoms with E-state index >= 15 is 0 Å². The van der Waals surface area contributed by atoms with E-state index in [9.17, 15) is 4.79 Å². The van der Waals surface area contributed by atoms with Crippen molar-refractivity contribution in [1.29, 1.82) is 5.26 Å². The largest absolute Gasteiger partial charge is 0.422 e. The van der Waals surface area contributed by atoms with Gasteiger partial charge in [0.25, 0.3) is 0 Å². The molecule has 134 valence electrons. The number of nitrogens with zero attached hydrogens (tertiary/aromatic N) is 1. The molecule has 26 heavy (non-hydrogen) atoms. The number of hydrogen-bond donors (Lipinski definition) is 0. The van der Waals surface area contributed by atoms with Gasteiger partial charge in [-0.2, -0.15) is 5.26 Å². The third-order valence-electron chi connectivity index (χ3n) is 5.08. The fraction of sp³-hybridized carbons (Fsp3) is 0.364. The minimum absolute atomic E-state index is 0.292. The normalized spacial score (nSPS) is 19.5. The van der Waals surface area contributed by atoms with E-state index < -0.39 is 5.97 Å².